The number of carbonyl (C=O) groups excluding carboxylic acids is 3. The quantitative estimate of drug-likeness (QED) is 0.625. The zero-order valence-electron chi connectivity index (χ0n) is 11.6. The fourth-order valence-electron chi connectivity index (χ4n) is 1.75. The van der Waals surface area contributed by atoms with E-state index in [0.29, 0.717) is 0 Å². The van der Waals surface area contributed by atoms with Crippen LogP contribution < -0.4 is 21.8 Å². The summed E-state index contributed by atoms with van der Waals surface area (Å²) in [5.74, 6) is -1.32. The van der Waals surface area contributed by atoms with Gasteiger partial charge in [-0.2, -0.15) is 0 Å². The average molecular weight is 335 g/mol. The van der Waals surface area contributed by atoms with Crippen molar-refractivity contribution < 1.29 is 14.4 Å². The number of rotatable bonds is 3. The predicted octanol–water partition coefficient (Wildman–Crippen LogP) is 1.09. The maximum absolute atomic E-state index is 12.1. The van der Waals surface area contributed by atoms with E-state index >= 15 is 0 Å². The Hall–Kier alpha value is -3.13. The molecule has 0 saturated heterocycles. The molecule has 1 heterocycles. The number of halogens is 1. The third kappa shape index (κ3) is 4.42. The highest BCUT2D eigenvalue weighted by atomic mass is 35.5. The number of amides is 4. The lowest BCUT2D eigenvalue weighted by molar-refractivity contribution is 0.0964. The number of benzene rings is 1. The molecule has 0 aliphatic rings. The van der Waals surface area contributed by atoms with Gasteiger partial charge in [-0.05, 0) is 18.2 Å². The van der Waals surface area contributed by atoms with Crippen molar-refractivity contribution >= 4 is 35.1 Å². The molecule has 0 radical (unpaired) electrons. The molecular weight excluding hydrogens is 324 g/mol. The molecule has 0 fully saturated rings. The van der Waals surface area contributed by atoms with Crippen molar-refractivity contribution in [1.82, 2.24) is 10.3 Å². The van der Waals surface area contributed by atoms with Crippen molar-refractivity contribution in [3.05, 3.63) is 63.0 Å². The molecule has 0 atom stereocenters. The molecule has 23 heavy (non-hydrogen) atoms. The molecule has 2 rings (SSSR count). The Bertz CT molecular complexity index is 847. The van der Waals surface area contributed by atoms with Crippen LogP contribution in [0.15, 0.2) is 41.2 Å². The van der Waals surface area contributed by atoms with Crippen molar-refractivity contribution in [2.24, 2.45) is 5.73 Å². The van der Waals surface area contributed by atoms with Crippen LogP contribution in [0.3, 0.4) is 0 Å². The largest absolute Gasteiger partial charge is 0.351 e. The van der Waals surface area contributed by atoms with Crippen LogP contribution in [0.2, 0.25) is 5.15 Å². The topological polar surface area (TPSA) is 134 Å². The van der Waals surface area contributed by atoms with Crippen LogP contribution in [0.4, 0.5) is 10.5 Å². The lowest BCUT2D eigenvalue weighted by atomic mass is 10.2. The third-order valence-corrected chi connectivity index (χ3v) is 2.88. The summed E-state index contributed by atoms with van der Waals surface area (Å²) < 4.78 is 0. The van der Waals surface area contributed by atoms with Crippen molar-refractivity contribution in [3.8, 4) is 0 Å². The number of carbonyl (C=O) groups is 3. The highest BCUT2D eigenvalue weighted by Gasteiger charge is 2.11. The summed E-state index contributed by atoms with van der Waals surface area (Å²) >= 11 is 5.68. The van der Waals surface area contributed by atoms with Crippen molar-refractivity contribution in [2.75, 3.05) is 5.32 Å². The minimum Gasteiger partial charge on any atom is -0.351 e. The zero-order chi connectivity index (χ0) is 17.0. The number of nitrogens with one attached hydrogen (secondary N) is 3. The minimum atomic E-state index is -0.985. The molecule has 0 saturated carbocycles. The first-order chi connectivity index (χ1) is 10.8. The number of primary amides is 1. The molecule has 0 unspecified atom stereocenters. The molecule has 2 aromatic rings. The van der Waals surface area contributed by atoms with Crippen LogP contribution in [0.25, 0.3) is 0 Å². The van der Waals surface area contributed by atoms with Crippen LogP contribution >= 0.6 is 11.6 Å². The molecule has 118 valence electrons. The van der Waals surface area contributed by atoms with E-state index in [2.05, 4.69) is 10.3 Å². The molecule has 0 aliphatic carbocycles. The number of pyridine rings is 1. The van der Waals surface area contributed by atoms with Gasteiger partial charge in [-0.1, -0.05) is 17.7 Å². The van der Waals surface area contributed by atoms with Gasteiger partial charge in [-0.25, -0.2) is 4.79 Å². The summed E-state index contributed by atoms with van der Waals surface area (Å²) in [6, 6.07) is 7.06. The Kier molecular flexibility index (Phi) is 4.77. The predicted molar refractivity (Wildman–Crippen MR) is 83.5 cm³/mol. The summed E-state index contributed by atoms with van der Waals surface area (Å²) in [4.78, 5) is 48.3. The summed E-state index contributed by atoms with van der Waals surface area (Å²) in [5, 5.41) is 4.43. The van der Waals surface area contributed by atoms with Gasteiger partial charge >= 0.3 is 6.03 Å². The first kappa shape index (κ1) is 16.2. The number of hydrogen-bond acceptors (Lipinski definition) is 4. The highest BCUT2D eigenvalue weighted by Crippen LogP contribution is 2.12. The van der Waals surface area contributed by atoms with Gasteiger partial charge < -0.3 is 16.0 Å². The van der Waals surface area contributed by atoms with Crippen molar-refractivity contribution in [3.63, 3.8) is 0 Å². The van der Waals surface area contributed by atoms with Gasteiger partial charge in [0, 0.05) is 23.4 Å². The van der Waals surface area contributed by atoms with Crippen molar-refractivity contribution in [1.29, 1.82) is 0 Å². The van der Waals surface area contributed by atoms with E-state index in [9.17, 15) is 19.2 Å². The second-order valence-corrected chi connectivity index (χ2v) is 4.84. The van der Waals surface area contributed by atoms with Crippen LogP contribution in [0.5, 0.6) is 0 Å². The number of nitrogens with two attached hydrogens (primary N) is 1. The first-order valence-corrected chi connectivity index (χ1v) is 6.65. The minimum absolute atomic E-state index is 0.0252. The van der Waals surface area contributed by atoms with Crippen LogP contribution in [0, 0.1) is 0 Å². The smallest absolute Gasteiger partial charge is 0.319 e. The Balaban J connectivity index is 2.20. The monoisotopic (exact) mass is 334 g/mol. The van der Waals surface area contributed by atoms with Gasteiger partial charge in [0.1, 0.15) is 10.8 Å². The fourth-order valence-corrected chi connectivity index (χ4v) is 1.96. The standard InChI is InChI=1S/C14H11ClN4O4/c15-11-6-9(20)5-10(18-11)13(22)17-8-3-1-2-7(4-8)12(21)19-14(16)23/h1-6H,(H,17,22)(H,18,20)(H3,16,19,21,23). The normalized spacial score (nSPS) is 9.96. The number of urea groups is 1. The molecule has 0 aliphatic heterocycles. The highest BCUT2D eigenvalue weighted by molar-refractivity contribution is 6.29. The number of imide groups is 1. The molecular formula is C14H11ClN4O4. The van der Waals surface area contributed by atoms with E-state index in [0.717, 1.165) is 12.1 Å². The first-order valence-electron chi connectivity index (χ1n) is 6.27. The van der Waals surface area contributed by atoms with E-state index in [1.54, 1.807) is 0 Å². The van der Waals surface area contributed by atoms with Gasteiger partial charge in [-0.3, -0.25) is 19.7 Å². The van der Waals surface area contributed by atoms with E-state index in [-0.39, 0.29) is 22.1 Å². The fraction of sp³-hybridized carbons (Fsp3) is 0. The Morgan fingerprint density at radius 3 is 2.48 bits per heavy atom. The van der Waals surface area contributed by atoms with E-state index in [1.807, 2.05) is 5.32 Å². The second kappa shape index (κ2) is 6.75. The molecule has 0 bridgehead atoms. The number of aromatic nitrogens is 1. The van der Waals surface area contributed by atoms with Crippen molar-refractivity contribution in [2.45, 2.75) is 0 Å². The Morgan fingerprint density at radius 1 is 1.09 bits per heavy atom. The molecule has 1 aromatic heterocycles. The van der Waals surface area contributed by atoms with Gasteiger partial charge in [0.05, 0.1) is 0 Å². The maximum Gasteiger partial charge on any atom is 0.319 e. The number of hydrogen-bond donors (Lipinski definition) is 4. The lowest BCUT2D eigenvalue weighted by Crippen LogP contribution is -2.34. The third-order valence-electron chi connectivity index (χ3n) is 2.67. The SMILES string of the molecule is NC(=O)NC(=O)c1cccc(NC(=O)c2cc(=O)cc(Cl)[nH]2)c1. The van der Waals surface area contributed by atoms with Gasteiger partial charge in [0.15, 0.2) is 5.43 Å². The summed E-state index contributed by atoms with van der Waals surface area (Å²) in [5.41, 5.74) is 4.82. The van der Waals surface area contributed by atoms with E-state index in [1.165, 1.54) is 24.3 Å². The number of aromatic amines is 1. The van der Waals surface area contributed by atoms with Crippen LogP contribution in [-0.4, -0.2) is 22.8 Å². The van der Waals surface area contributed by atoms with E-state index < -0.39 is 23.3 Å². The number of anilines is 1. The molecule has 1 aromatic carbocycles. The Morgan fingerprint density at radius 2 is 1.83 bits per heavy atom. The molecule has 8 nitrogen and oxygen atoms in total. The average Bonchev–Trinajstić information content (AvgIpc) is 2.45. The lowest BCUT2D eigenvalue weighted by Gasteiger charge is -2.07. The molecule has 5 N–H and O–H groups in total. The summed E-state index contributed by atoms with van der Waals surface area (Å²) in [6.07, 6.45) is 0. The summed E-state index contributed by atoms with van der Waals surface area (Å²) in [6.45, 7) is 0. The molecule has 0 spiro atoms. The van der Waals surface area contributed by atoms with Gasteiger partial charge in [-0.15, -0.1) is 0 Å². The molecule has 4 amide bonds. The van der Waals surface area contributed by atoms with Crippen LogP contribution in [-0.2, 0) is 0 Å². The maximum atomic E-state index is 12.1. The molecule has 9 heteroatoms. The Labute approximate surface area is 134 Å². The second-order valence-electron chi connectivity index (χ2n) is 4.43. The zero-order valence-corrected chi connectivity index (χ0v) is 12.3. The van der Waals surface area contributed by atoms with Gasteiger partial charge in [0.25, 0.3) is 11.8 Å². The van der Waals surface area contributed by atoms with E-state index in [4.69, 9.17) is 17.3 Å². The van der Waals surface area contributed by atoms with Gasteiger partial charge in [0.2, 0.25) is 0 Å². The van der Waals surface area contributed by atoms with Crippen LogP contribution in [0.1, 0.15) is 20.8 Å². The number of H-pyrrole nitrogens is 1. The summed E-state index contributed by atoms with van der Waals surface area (Å²) in [7, 11) is 0.